The molecule has 0 unspecified atom stereocenters. The highest BCUT2D eigenvalue weighted by atomic mass is 28.4. The maximum absolute atomic E-state index is 11.4. The van der Waals surface area contributed by atoms with Crippen molar-refractivity contribution in [3.8, 4) is 0 Å². The Morgan fingerprint density at radius 3 is 2.38 bits per heavy atom. The van der Waals surface area contributed by atoms with E-state index in [-0.39, 0.29) is 5.78 Å². The van der Waals surface area contributed by atoms with Crippen LogP contribution in [0.5, 0.6) is 0 Å². The van der Waals surface area contributed by atoms with Crippen LogP contribution in [0.2, 0.25) is 19.1 Å². The van der Waals surface area contributed by atoms with Crippen LogP contribution in [0.3, 0.4) is 0 Å². The lowest BCUT2D eigenvalue weighted by Crippen LogP contribution is -2.33. The average molecular weight is 200 g/mol. The zero-order valence-corrected chi connectivity index (χ0v) is 10.1. The third-order valence-corrected chi connectivity index (χ3v) is 3.92. The van der Waals surface area contributed by atoms with Crippen molar-refractivity contribution in [3.05, 3.63) is 12.2 Å². The Kier molecular flexibility index (Phi) is 5.18. The predicted molar refractivity (Wildman–Crippen MR) is 58.4 cm³/mol. The smallest absolute Gasteiger partial charge is 0.194 e. The first-order valence-corrected chi connectivity index (χ1v) is 7.83. The molecule has 0 radical (unpaired) electrons. The summed E-state index contributed by atoms with van der Waals surface area (Å²) < 4.78 is 5.68. The summed E-state index contributed by atoms with van der Waals surface area (Å²) in [6.45, 7) is 12.4. The molecule has 0 heterocycles. The maximum Gasteiger partial charge on any atom is 0.194 e. The Morgan fingerprint density at radius 1 is 1.46 bits per heavy atom. The summed E-state index contributed by atoms with van der Waals surface area (Å²) in [6.07, 6.45) is 1.01. The van der Waals surface area contributed by atoms with Crippen LogP contribution < -0.4 is 0 Å². The lowest BCUT2D eigenvalue weighted by molar-refractivity contribution is -0.113. The number of rotatable bonds is 6. The highest BCUT2D eigenvalue weighted by molar-refractivity contribution is 6.74. The zero-order valence-electron chi connectivity index (χ0n) is 9.14. The molecule has 0 spiro atoms. The topological polar surface area (TPSA) is 26.3 Å². The van der Waals surface area contributed by atoms with Gasteiger partial charge in [-0.1, -0.05) is 13.5 Å². The first-order chi connectivity index (χ1) is 5.89. The van der Waals surface area contributed by atoms with E-state index in [1.165, 1.54) is 0 Å². The molecule has 0 N–H and O–H groups in total. The number of Topliss-reactive ketones (excluding diaryl/α,β-unsaturated/α-hetero) is 1. The van der Waals surface area contributed by atoms with Crippen LogP contribution >= 0.6 is 0 Å². The van der Waals surface area contributed by atoms with Crippen LogP contribution in [0.4, 0.5) is 0 Å². The van der Waals surface area contributed by atoms with E-state index in [9.17, 15) is 4.79 Å². The summed E-state index contributed by atoms with van der Waals surface area (Å²) in [5.41, 5.74) is 0.640. The van der Waals surface area contributed by atoms with Crippen LogP contribution in [0.1, 0.15) is 20.3 Å². The maximum atomic E-state index is 11.4. The normalized spacial score (nSPS) is 11.4. The van der Waals surface area contributed by atoms with Gasteiger partial charge in [-0.3, -0.25) is 4.79 Å². The van der Waals surface area contributed by atoms with E-state index in [1.807, 2.05) is 0 Å². The fourth-order valence-electron chi connectivity index (χ4n) is 0.967. The molecular formula is C10H20O2Si. The number of carbonyl (C=O) groups is 1. The van der Waals surface area contributed by atoms with Crippen molar-refractivity contribution in [2.45, 2.75) is 39.4 Å². The monoisotopic (exact) mass is 200 g/mol. The average Bonchev–Trinajstić information content (AvgIpc) is 2.00. The van der Waals surface area contributed by atoms with Crippen LogP contribution in [0.25, 0.3) is 0 Å². The highest BCUT2D eigenvalue weighted by Gasteiger charge is 2.25. The van der Waals surface area contributed by atoms with Crippen molar-refractivity contribution in [2.24, 2.45) is 0 Å². The van der Waals surface area contributed by atoms with Crippen LogP contribution in [-0.4, -0.2) is 20.7 Å². The van der Waals surface area contributed by atoms with Crippen molar-refractivity contribution < 1.29 is 9.22 Å². The number of carbonyl (C=O) groups excluding carboxylic acids is 1. The summed E-state index contributed by atoms with van der Waals surface area (Å²) in [5, 5.41) is 0. The van der Waals surface area contributed by atoms with Crippen LogP contribution in [0, 0.1) is 0 Å². The van der Waals surface area contributed by atoms with Crippen molar-refractivity contribution in [1.82, 2.24) is 0 Å². The van der Waals surface area contributed by atoms with E-state index in [4.69, 9.17) is 4.43 Å². The van der Waals surface area contributed by atoms with E-state index in [2.05, 4.69) is 26.6 Å². The minimum atomic E-state index is -1.76. The van der Waals surface area contributed by atoms with Crippen molar-refractivity contribution >= 4 is 14.1 Å². The standard InChI is InChI=1S/C10H20O2Si/c1-6-7-12-13(4,5)8-10(11)9(2)3/h2,6-8H2,1,3-5H3. The van der Waals surface area contributed by atoms with E-state index < -0.39 is 8.32 Å². The molecule has 0 rings (SSSR count). The summed E-state index contributed by atoms with van der Waals surface area (Å²) in [7, 11) is -1.76. The Balaban J connectivity index is 4.00. The number of hydrogen-bond acceptors (Lipinski definition) is 2. The molecule has 0 aromatic carbocycles. The zero-order chi connectivity index (χ0) is 10.5. The van der Waals surface area contributed by atoms with Gasteiger partial charge in [-0.2, -0.15) is 0 Å². The molecule has 13 heavy (non-hydrogen) atoms. The molecule has 0 saturated heterocycles. The van der Waals surface area contributed by atoms with Gasteiger partial charge in [0.2, 0.25) is 0 Å². The minimum absolute atomic E-state index is 0.146. The van der Waals surface area contributed by atoms with E-state index in [0.717, 1.165) is 13.0 Å². The molecule has 0 amide bonds. The number of ketones is 1. The number of hydrogen-bond donors (Lipinski definition) is 0. The van der Waals surface area contributed by atoms with Gasteiger partial charge in [-0.15, -0.1) is 0 Å². The van der Waals surface area contributed by atoms with Gasteiger partial charge in [0.1, 0.15) is 0 Å². The Labute approximate surface area is 82.1 Å². The van der Waals surface area contributed by atoms with Gasteiger partial charge >= 0.3 is 0 Å². The second-order valence-corrected chi connectivity index (χ2v) is 8.15. The number of allylic oxidation sites excluding steroid dienone is 1. The Bertz CT molecular complexity index is 197. The third-order valence-electron chi connectivity index (χ3n) is 1.76. The summed E-state index contributed by atoms with van der Waals surface area (Å²) >= 11 is 0. The summed E-state index contributed by atoms with van der Waals surface area (Å²) in [6, 6.07) is 0.558. The molecule has 0 bridgehead atoms. The van der Waals surface area contributed by atoms with E-state index in [0.29, 0.717) is 11.6 Å². The lowest BCUT2D eigenvalue weighted by atomic mass is 10.2. The van der Waals surface area contributed by atoms with Crippen molar-refractivity contribution in [3.63, 3.8) is 0 Å². The van der Waals surface area contributed by atoms with E-state index >= 15 is 0 Å². The first kappa shape index (κ1) is 12.6. The highest BCUT2D eigenvalue weighted by Crippen LogP contribution is 2.14. The van der Waals surface area contributed by atoms with Gasteiger partial charge < -0.3 is 4.43 Å². The van der Waals surface area contributed by atoms with Crippen LogP contribution in [0.15, 0.2) is 12.2 Å². The largest absolute Gasteiger partial charge is 0.417 e. The molecule has 0 atom stereocenters. The molecule has 0 aromatic rings. The second-order valence-electron chi connectivity index (χ2n) is 3.99. The SMILES string of the molecule is C=C(C)C(=O)C[Si](C)(C)OCCC. The van der Waals surface area contributed by atoms with Crippen molar-refractivity contribution in [1.29, 1.82) is 0 Å². The van der Waals surface area contributed by atoms with E-state index in [1.54, 1.807) is 6.92 Å². The lowest BCUT2D eigenvalue weighted by Gasteiger charge is -2.21. The minimum Gasteiger partial charge on any atom is -0.417 e. The van der Waals surface area contributed by atoms with Gasteiger partial charge in [0.05, 0.1) is 0 Å². The fraction of sp³-hybridized carbons (Fsp3) is 0.700. The van der Waals surface area contributed by atoms with Gasteiger partial charge in [-0.05, 0) is 32.0 Å². The first-order valence-electron chi connectivity index (χ1n) is 4.71. The van der Waals surface area contributed by atoms with Gasteiger partial charge in [0, 0.05) is 12.7 Å². The molecule has 0 aliphatic heterocycles. The molecule has 2 nitrogen and oxygen atoms in total. The third kappa shape index (κ3) is 5.77. The van der Waals surface area contributed by atoms with Gasteiger partial charge in [-0.25, -0.2) is 0 Å². The Morgan fingerprint density at radius 2 is 2.00 bits per heavy atom. The fourth-order valence-corrected chi connectivity index (χ4v) is 2.90. The predicted octanol–water partition coefficient (Wildman–Crippen LogP) is 2.76. The summed E-state index contributed by atoms with van der Waals surface area (Å²) in [4.78, 5) is 11.4. The second kappa shape index (κ2) is 5.35. The van der Waals surface area contributed by atoms with Gasteiger partial charge in [0.25, 0.3) is 0 Å². The molecular weight excluding hydrogens is 180 g/mol. The van der Waals surface area contributed by atoms with Gasteiger partial charge in [0.15, 0.2) is 14.1 Å². The summed E-state index contributed by atoms with van der Waals surface area (Å²) in [5.74, 6) is 0.146. The quantitative estimate of drug-likeness (QED) is 0.487. The molecule has 0 saturated carbocycles. The molecule has 0 fully saturated rings. The molecule has 0 aliphatic carbocycles. The molecule has 0 aliphatic rings. The molecule has 3 heteroatoms. The molecule has 76 valence electrons. The van der Waals surface area contributed by atoms with Crippen LogP contribution in [-0.2, 0) is 9.22 Å². The molecule has 0 aromatic heterocycles. The van der Waals surface area contributed by atoms with Crippen molar-refractivity contribution in [2.75, 3.05) is 6.61 Å². The Hall–Kier alpha value is -0.413.